The van der Waals surface area contributed by atoms with Gasteiger partial charge in [0, 0.05) is 68.6 Å². The second-order valence-corrected chi connectivity index (χ2v) is 10.1. The van der Waals surface area contributed by atoms with Crippen LogP contribution in [0, 0.1) is 6.57 Å². The predicted octanol–water partition coefficient (Wildman–Crippen LogP) is 5.53. The zero-order valence-electron chi connectivity index (χ0n) is 21.0. The number of hydrogen-bond acceptors (Lipinski definition) is 5. The maximum atomic E-state index is 7.41. The Balaban J connectivity index is 1.12. The molecule has 184 valence electrons. The number of pyridine rings is 2. The number of aromatic nitrogens is 3. The molecule has 4 aromatic rings. The third kappa shape index (κ3) is 4.06. The number of rotatable bonds is 4. The molecule has 7 heteroatoms. The Morgan fingerprint density at radius 1 is 1.03 bits per heavy atom. The van der Waals surface area contributed by atoms with Crippen molar-refractivity contribution in [2.24, 2.45) is 7.05 Å². The van der Waals surface area contributed by atoms with E-state index in [1.807, 2.05) is 24.4 Å². The lowest BCUT2D eigenvalue weighted by Crippen LogP contribution is -2.51. The molecule has 0 amide bonds. The van der Waals surface area contributed by atoms with Crippen molar-refractivity contribution in [2.75, 3.05) is 38.2 Å². The topological polar surface area (TPSA) is 50.8 Å². The second kappa shape index (κ2) is 9.44. The van der Waals surface area contributed by atoms with E-state index in [4.69, 9.17) is 16.3 Å². The zero-order valence-corrected chi connectivity index (χ0v) is 21.0. The number of hydrogen-bond donors (Lipinski definition) is 0. The molecule has 0 radical (unpaired) electrons. The third-order valence-electron chi connectivity index (χ3n) is 8.15. The molecule has 36 heavy (non-hydrogen) atoms. The van der Waals surface area contributed by atoms with Crippen LogP contribution in [0.1, 0.15) is 37.2 Å². The molecule has 1 aliphatic carbocycles. The summed E-state index contributed by atoms with van der Waals surface area (Å²) < 4.78 is 7.68. The average Bonchev–Trinajstić information content (AvgIpc) is 3.28. The summed E-state index contributed by atoms with van der Waals surface area (Å²) in [6.45, 7) is 11.4. The molecule has 7 nitrogen and oxygen atoms in total. The van der Waals surface area contributed by atoms with Gasteiger partial charge in [0.25, 0.3) is 0 Å². The van der Waals surface area contributed by atoms with Gasteiger partial charge in [-0.05, 0) is 60.7 Å². The molecule has 0 atom stereocenters. The van der Waals surface area contributed by atoms with E-state index in [9.17, 15) is 0 Å². The Bertz CT molecular complexity index is 1440. The lowest BCUT2D eigenvalue weighted by Gasteiger charge is -2.42. The van der Waals surface area contributed by atoms with Crippen molar-refractivity contribution in [2.45, 2.75) is 37.6 Å². The largest absolute Gasteiger partial charge is 0.481 e. The quantitative estimate of drug-likeness (QED) is 0.360. The van der Waals surface area contributed by atoms with Crippen LogP contribution in [-0.4, -0.2) is 58.8 Å². The van der Waals surface area contributed by atoms with Gasteiger partial charge in [0.15, 0.2) is 11.5 Å². The first-order valence-electron chi connectivity index (χ1n) is 12.9. The highest BCUT2D eigenvalue weighted by Gasteiger charge is 2.31. The highest BCUT2D eigenvalue weighted by molar-refractivity contribution is 5.89. The fraction of sp³-hybridized carbons (Fsp3) is 0.414. The molecule has 2 fully saturated rings. The van der Waals surface area contributed by atoms with Crippen molar-refractivity contribution >= 4 is 33.3 Å². The lowest BCUT2D eigenvalue weighted by atomic mass is 9.81. The van der Waals surface area contributed by atoms with Crippen molar-refractivity contribution in [1.82, 2.24) is 19.4 Å². The summed E-state index contributed by atoms with van der Waals surface area (Å²) in [6, 6.07) is 12.7. The van der Waals surface area contributed by atoms with Crippen LogP contribution in [0.25, 0.3) is 26.7 Å². The number of nitrogens with zero attached hydrogens (tertiary/aromatic N) is 6. The second-order valence-electron chi connectivity index (χ2n) is 10.1. The lowest BCUT2D eigenvalue weighted by molar-refractivity contribution is 0.141. The molecular formula is C29H32N6O. The molecule has 1 aromatic carbocycles. The van der Waals surface area contributed by atoms with Crippen LogP contribution in [0.15, 0.2) is 48.8 Å². The minimum Gasteiger partial charge on any atom is -0.481 e. The number of benzene rings is 1. The van der Waals surface area contributed by atoms with E-state index in [-0.39, 0.29) is 0 Å². The molecule has 0 bridgehead atoms. The van der Waals surface area contributed by atoms with E-state index in [0.29, 0.717) is 17.8 Å². The Labute approximate surface area is 212 Å². The average molecular weight is 481 g/mol. The third-order valence-corrected chi connectivity index (χ3v) is 8.15. The molecule has 0 N–H and O–H groups in total. The van der Waals surface area contributed by atoms with Crippen LogP contribution >= 0.6 is 0 Å². The Hall–Kier alpha value is -3.63. The van der Waals surface area contributed by atoms with Gasteiger partial charge < -0.3 is 14.2 Å². The molecule has 3 aromatic heterocycles. The van der Waals surface area contributed by atoms with Crippen molar-refractivity contribution in [3.05, 3.63) is 65.8 Å². The van der Waals surface area contributed by atoms with Crippen LogP contribution in [0.2, 0.25) is 0 Å². The van der Waals surface area contributed by atoms with E-state index in [2.05, 4.69) is 55.6 Å². The SMILES string of the molecule is [C-]#[N+]c1ccc2c(c1)c(C1CCC(N3CCN(c4nc(OC)cc5cccnc45)CC3)CC1)cn2C. The monoisotopic (exact) mass is 480 g/mol. The molecule has 1 saturated carbocycles. The van der Waals surface area contributed by atoms with Gasteiger partial charge in [-0.25, -0.2) is 4.85 Å². The molecule has 6 rings (SSSR count). The summed E-state index contributed by atoms with van der Waals surface area (Å²) in [5.41, 5.74) is 4.33. The highest BCUT2D eigenvalue weighted by atomic mass is 16.5. The van der Waals surface area contributed by atoms with Crippen LogP contribution in [0.4, 0.5) is 11.5 Å². The first kappa shape index (κ1) is 22.8. The number of methoxy groups -OCH3 is 1. The standard InChI is InChI=1S/C29H32N6O/c1-30-22-8-11-26-24(18-22)25(19-33(26)2)20-6-9-23(10-7-20)34-13-15-35(16-14-34)29-28-21(5-4-12-31-28)17-27(32-29)36-3/h4-5,8,11-12,17-20,23H,6-7,9-10,13-16H2,2-3H3. The fourth-order valence-electron chi connectivity index (χ4n) is 6.22. The van der Waals surface area contributed by atoms with E-state index in [1.54, 1.807) is 7.11 Å². The maximum Gasteiger partial charge on any atom is 0.215 e. The highest BCUT2D eigenvalue weighted by Crippen LogP contribution is 2.40. The van der Waals surface area contributed by atoms with Crippen LogP contribution in [-0.2, 0) is 7.05 Å². The molecule has 0 unspecified atom stereocenters. The van der Waals surface area contributed by atoms with E-state index < -0.39 is 0 Å². The van der Waals surface area contributed by atoms with Crippen molar-refractivity contribution in [3.63, 3.8) is 0 Å². The summed E-state index contributed by atoms with van der Waals surface area (Å²) >= 11 is 0. The van der Waals surface area contributed by atoms with Gasteiger partial charge in [0.2, 0.25) is 5.88 Å². The number of aryl methyl sites for hydroxylation is 1. The Kier molecular flexibility index (Phi) is 5.98. The summed E-state index contributed by atoms with van der Waals surface area (Å²) in [7, 11) is 3.79. The zero-order chi connectivity index (χ0) is 24.6. The van der Waals surface area contributed by atoms with Gasteiger partial charge in [-0.1, -0.05) is 12.1 Å². The van der Waals surface area contributed by atoms with Gasteiger partial charge in [-0.2, -0.15) is 4.98 Å². The summed E-state index contributed by atoms with van der Waals surface area (Å²) in [4.78, 5) is 18.1. The minimum absolute atomic E-state index is 0.575. The van der Waals surface area contributed by atoms with E-state index >= 15 is 0 Å². The van der Waals surface area contributed by atoms with Crippen molar-refractivity contribution in [1.29, 1.82) is 0 Å². The first-order valence-corrected chi connectivity index (χ1v) is 12.9. The molecule has 1 aliphatic heterocycles. The van der Waals surface area contributed by atoms with Crippen LogP contribution in [0.5, 0.6) is 5.88 Å². The Morgan fingerprint density at radius 3 is 2.58 bits per heavy atom. The number of piperazine rings is 1. The molecule has 4 heterocycles. The molecule has 1 saturated heterocycles. The fourth-order valence-corrected chi connectivity index (χ4v) is 6.22. The van der Waals surface area contributed by atoms with Gasteiger partial charge in [-0.15, -0.1) is 0 Å². The van der Waals surface area contributed by atoms with Gasteiger partial charge in [-0.3, -0.25) is 9.88 Å². The predicted molar refractivity (Wildman–Crippen MR) is 144 cm³/mol. The van der Waals surface area contributed by atoms with Crippen molar-refractivity contribution < 1.29 is 4.74 Å². The van der Waals surface area contributed by atoms with E-state index in [0.717, 1.165) is 48.6 Å². The molecular weight excluding hydrogens is 448 g/mol. The normalized spacial score (nSPS) is 21.1. The van der Waals surface area contributed by atoms with Crippen molar-refractivity contribution in [3.8, 4) is 5.88 Å². The van der Waals surface area contributed by atoms with E-state index in [1.165, 1.54) is 42.1 Å². The smallest absolute Gasteiger partial charge is 0.215 e. The number of anilines is 1. The summed E-state index contributed by atoms with van der Waals surface area (Å²) in [5.74, 6) is 2.15. The Morgan fingerprint density at radius 2 is 1.83 bits per heavy atom. The summed E-state index contributed by atoms with van der Waals surface area (Å²) in [5, 5.41) is 2.33. The molecule has 0 spiro atoms. The van der Waals surface area contributed by atoms with Gasteiger partial charge >= 0.3 is 0 Å². The van der Waals surface area contributed by atoms with Gasteiger partial charge in [0.1, 0.15) is 5.52 Å². The van der Waals surface area contributed by atoms with Gasteiger partial charge in [0.05, 0.1) is 13.7 Å². The van der Waals surface area contributed by atoms with Crippen LogP contribution in [0.3, 0.4) is 0 Å². The number of fused-ring (bicyclic) bond motifs is 2. The minimum atomic E-state index is 0.575. The maximum absolute atomic E-state index is 7.41. The number of ether oxygens (including phenoxy) is 1. The van der Waals surface area contributed by atoms with Crippen LogP contribution < -0.4 is 9.64 Å². The summed E-state index contributed by atoms with van der Waals surface area (Å²) in [6.07, 6.45) is 9.00. The first-order chi connectivity index (χ1) is 17.6. The molecule has 2 aliphatic rings.